The molecule has 182 valence electrons. The Morgan fingerprint density at radius 2 is 1.68 bits per heavy atom. The molecule has 2 aromatic heterocycles. The van der Waals surface area contributed by atoms with Gasteiger partial charge in [-0.2, -0.15) is 0 Å². The van der Waals surface area contributed by atoms with Crippen LogP contribution >= 0.6 is 0 Å². The predicted octanol–water partition coefficient (Wildman–Crippen LogP) is 6.60. The highest BCUT2D eigenvalue weighted by Crippen LogP contribution is 2.41. The minimum absolute atomic E-state index is 0.0390. The molecule has 1 amide bonds. The topological polar surface area (TPSA) is 93.1 Å². The third kappa shape index (κ3) is 4.16. The summed E-state index contributed by atoms with van der Waals surface area (Å²) in [6.45, 7) is 0.0568. The molecule has 0 saturated heterocycles. The Kier molecular flexibility index (Phi) is 5.58. The Labute approximate surface area is 211 Å². The van der Waals surface area contributed by atoms with Gasteiger partial charge in [-0.1, -0.05) is 48.5 Å². The van der Waals surface area contributed by atoms with Crippen LogP contribution in [0.5, 0.6) is 11.5 Å². The Morgan fingerprint density at radius 3 is 2.46 bits per heavy atom. The second-order valence-corrected chi connectivity index (χ2v) is 8.64. The zero-order chi connectivity index (χ0) is 25.4. The van der Waals surface area contributed by atoms with E-state index in [4.69, 9.17) is 13.6 Å². The van der Waals surface area contributed by atoms with Crippen molar-refractivity contribution in [2.75, 3.05) is 0 Å². The summed E-state index contributed by atoms with van der Waals surface area (Å²) in [6, 6.07) is 27.8. The van der Waals surface area contributed by atoms with Gasteiger partial charge >= 0.3 is 0 Å². The standard InChI is InChI=1S/C30H21NO6/c32-28(25-17-19-8-4-5-14-24(19)37-25)26-27(31(30(34)29(26)33)18-23-13-7-15-35-23)20-9-6-12-22(16-20)36-21-10-2-1-3-11-21/h1-17,27,33H,18H2/t27-/m1/s1. The van der Waals surface area contributed by atoms with Gasteiger partial charge < -0.3 is 23.6 Å². The summed E-state index contributed by atoms with van der Waals surface area (Å²) >= 11 is 0. The van der Waals surface area contributed by atoms with Gasteiger partial charge in [-0.05, 0) is 54.1 Å². The highest BCUT2D eigenvalue weighted by atomic mass is 16.5. The van der Waals surface area contributed by atoms with E-state index >= 15 is 0 Å². The second-order valence-electron chi connectivity index (χ2n) is 8.64. The van der Waals surface area contributed by atoms with Gasteiger partial charge in [0.25, 0.3) is 5.91 Å². The largest absolute Gasteiger partial charge is 0.503 e. The predicted molar refractivity (Wildman–Crippen MR) is 135 cm³/mol. The lowest BCUT2D eigenvalue weighted by molar-refractivity contribution is -0.130. The van der Waals surface area contributed by atoms with Gasteiger partial charge in [0.2, 0.25) is 5.78 Å². The summed E-state index contributed by atoms with van der Waals surface area (Å²) in [4.78, 5) is 28.4. The molecule has 0 unspecified atom stereocenters. The van der Waals surface area contributed by atoms with Crippen LogP contribution in [0.2, 0.25) is 0 Å². The van der Waals surface area contributed by atoms with Crippen LogP contribution in [-0.2, 0) is 11.3 Å². The van der Waals surface area contributed by atoms with Crippen LogP contribution in [0.25, 0.3) is 11.0 Å². The smallest absolute Gasteiger partial charge is 0.290 e. The molecule has 7 nitrogen and oxygen atoms in total. The van der Waals surface area contributed by atoms with Crippen LogP contribution in [-0.4, -0.2) is 21.7 Å². The average molecular weight is 491 g/mol. The number of hydrogen-bond donors (Lipinski definition) is 1. The van der Waals surface area contributed by atoms with Gasteiger partial charge in [0.1, 0.15) is 22.8 Å². The number of furan rings is 2. The van der Waals surface area contributed by atoms with E-state index in [1.807, 2.05) is 48.5 Å². The highest BCUT2D eigenvalue weighted by Gasteiger charge is 2.45. The van der Waals surface area contributed by atoms with Crippen molar-refractivity contribution in [1.29, 1.82) is 0 Å². The molecular weight excluding hydrogens is 470 g/mol. The number of aliphatic hydroxyl groups excluding tert-OH is 1. The van der Waals surface area contributed by atoms with E-state index in [1.165, 1.54) is 11.2 Å². The minimum atomic E-state index is -0.891. The number of ketones is 1. The maximum atomic E-state index is 13.7. The maximum Gasteiger partial charge on any atom is 0.290 e. The monoisotopic (exact) mass is 491 g/mol. The number of carbonyl (C=O) groups is 2. The molecule has 37 heavy (non-hydrogen) atoms. The number of para-hydroxylation sites is 2. The molecule has 0 fully saturated rings. The van der Waals surface area contributed by atoms with E-state index in [-0.39, 0.29) is 17.9 Å². The second kappa shape index (κ2) is 9.20. The molecule has 1 atom stereocenters. The quantitative estimate of drug-likeness (QED) is 0.258. The molecule has 0 spiro atoms. The number of amides is 1. The first-order chi connectivity index (χ1) is 18.1. The number of carbonyl (C=O) groups excluding carboxylic acids is 2. The number of ether oxygens (including phenoxy) is 1. The average Bonchev–Trinajstić information content (AvgIpc) is 3.65. The fraction of sp³-hybridized carbons (Fsp3) is 0.0667. The summed E-state index contributed by atoms with van der Waals surface area (Å²) in [6.07, 6.45) is 1.51. The van der Waals surface area contributed by atoms with Crippen LogP contribution in [0.3, 0.4) is 0 Å². The first kappa shape index (κ1) is 22.4. The summed E-state index contributed by atoms with van der Waals surface area (Å²) < 4.78 is 17.2. The van der Waals surface area contributed by atoms with Crippen LogP contribution in [0.15, 0.2) is 123 Å². The first-order valence-corrected chi connectivity index (χ1v) is 11.7. The number of benzene rings is 3. The molecule has 1 aliphatic heterocycles. The van der Waals surface area contributed by atoms with E-state index in [1.54, 1.807) is 48.5 Å². The number of Topliss-reactive ketones (excluding diaryl/α,β-unsaturated/α-hetero) is 1. The third-order valence-electron chi connectivity index (χ3n) is 6.26. The number of rotatable bonds is 7. The van der Waals surface area contributed by atoms with E-state index in [2.05, 4.69) is 0 Å². The van der Waals surface area contributed by atoms with Crippen molar-refractivity contribution in [1.82, 2.24) is 4.90 Å². The van der Waals surface area contributed by atoms with Crippen molar-refractivity contribution < 1.29 is 28.3 Å². The minimum Gasteiger partial charge on any atom is -0.503 e. The fourth-order valence-electron chi connectivity index (χ4n) is 4.56. The van der Waals surface area contributed by atoms with Crippen LogP contribution < -0.4 is 4.74 Å². The van der Waals surface area contributed by atoms with E-state index in [0.717, 1.165) is 5.39 Å². The first-order valence-electron chi connectivity index (χ1n) is 11.7. The zero-order valence-corrected chi connectivity index (χ0v) is 19.5. The molecule has 0 saturated carbocycles. The Balaban J connectivity index is 1.42. The Bertz CT molecular complexity index is 1600. The van der Waals surface area contributed by atoms with Crippen molar-refractivity contribution in [3.8, 4) is 11.5 Å². The number of fused-ring (bicyclic) bond motifs is 1. The van der Waals surface area contributed by atoms with Gasteiger partial charge in [0.05, 0.1) is 24.4 Å². The lowest BCUT2D eigenvalue weighted by Crippen LogP contribution is -2.30. The van der Waals surface area contributed by atoms with E-state index in [9.17, 15) is 14.7 Å². The SMILES string of the molecule is O=C(C1=C(O)C(=O)N(Cc2ccco2)[C@@H]1c1cccc(Oc2ccccc2)c1)c1cc2ccccc2o1. The van der Waals surface area contributed by atoms with Crippen LogP contribution in [0.1, 0.15) is 27.9 Å². The molecule has 0 radical (unpaired) electrons. The van der Waals surface area contributed by atoms with Crippen molar-refractivity contribution >= 4 is 22.7 Å². The Hall–Kier alpha value is -5.04. The van der Waals surface area contributed by atoms with Gasteiger partial charge in [-0.25, -0.2) is 0 Å². The molecule has 3 aromatic carbocycles. The molecule has 5 aromatic rings. The molecule has 6 rings (SSSR count). The van der Waals surface area contributed by atoms with Gasteiger partial charge in [-0.3, -0.25) is 9.59 Å². The summed E-state index contributed by atoms with van der Waals surface area (Å²) in [5, 5.41) is 11.7. The van der Waals surface area contributed by atoms with E-state index in [0.29, 0.717) is 28.4 Å². The van der Waals surface area contributed by atoms with E-state index < -0.39 is 23.5 Å². The van der Waals surface area contributed by atoms with Crippen LogP contribution in [0, 0.1) is 0 Å². The fourth-order valence-corrected chi connectivity index (χ4v) is 4.56. The molecule has 1 aliphatic rings. The van der Waals surface area contributed by atoms with Crippen molar-refractivity contribution in [3.05, 3.63) is 132 Å². The lowest BCUT2D eigenvalue weighted by Gasteiger charge is -2.26. The van der Waals surface area contributed by atoms with Crippen molar-refractivity contribution in [2.45, 2.75) is 12.6 Å². The van der Waals surface area contributed by atoms with Crippen LogP contribution in [0.4, 0.5) is 0 Å². The zero-order valence-electron chi connectivity index (χ0n) is 19.5. The third-order valence-corrected chi connectivity index (χ3v) is 6.26. The van der Waals surface area contributed by atoms with Gasteiger partial charge in [0.15, 0.2) is 11.5 Å². The maximum absolute atomic E-state index is 13.7. The summed E-state index contributed by atoms with van der Waals surface area (Å²) in [5.74, 6) is -0.130. The van der Waals surface area contributed by atoms with Crippen molar-refractivity contribution in [3.63, 3.8) is 0 Å². The number of nitrogens with zero attached hydrogens (tertiary/aromatic N) is 1. The van der Waals surface area contributed by atoms with Gasteiger partial charge in [-0.15, -0.1) is 0 Å². The normalized spacial score (nSPS) is 15.5. The summed E-state index contributed by atoms with van der Waals surface area (Å²) in [5.41, 5.74) is 1.07. The molecule has 3 heterocycles. The number of aliphatic hydroxyl groups is 1. The summed E-state index contributed by atoms with van der Waals surface area (Å²) in [7, 11) is 0. The Morgan fingerprint density at radius 1 is 0.892 bits per heavy atom. The lowest BCUT2D eigenvalue weighted by atomic mass is 9.94. The molecular formula is C30H21NO6. The highest BCUT2D eigenvalue weighted by molar-refractivity contribution is 6.16. The molecule has 0 aliphatic carbocycles. The molecule has 0 bridgehead atoms. The van der Waals surface area contributed by atoms with Gasteiger partial charge in [0, 0.05) is 5.39 Å². The molecule has 7 heteroatoms. The number of hydrogen-bond acceptors (Lipinski definition) is 6. The van der Waals surface area contributed by atoms with Crippen molar-refractivity contribution in [2.24, 2.45) is 0 Å². The molecule has 1 N–H and O–H groups in total.